The number of carbonyl (C=O) groups is 1. The monoisotopic (exact) mass is 405 g/mol. The largest absolute Gasteiger partial charge is 0.324 e. The van der Waals surface area contributed by atoms with Crippen molar-refractivity contribution in [3.05, 3.63) is 63.2 Å². The number of nitro benzene ring substituents is 1. The Hall–Kier alpha value is -2.94. The van der Waals surface area contributed by atoms with E-state index in [1.807, 2.05) is 19.9 Å². The van der Waals surface area contributed by atoms with Crippen molar-refractivity contribution in [2.24, 2.45) is 0 Å². The Morgan fingerprint density at radius 3 is 2.18 bits per heavy atom. The minimum atomic E-state index is -3.89. The van der Waals surface area contributed by atoms with Crippen LogP contribution in [0.25, 0.3) is 0 Å². The van der Waals surface area contributed by atoms with Crippen LogP contribution in [0, 0.1) is 30.9 Å². The molecule has 0 fully saturated rings. The number of nitrogens with zero attached hydrogens (tertiary/aromatic N) is 2. The second-order valence-corrected chi connectivity index (χ2v) is 8.69. The van der Waals surface area contributed by atoms with Crippen LogP contribution in [0.15, 0.2) is 36.4 Å². The third-order valence-corrected chi connectivity index (χ3v) is 5.45. The molecule has 0 bridgehead atoms. The first-order valence-electron chi connectivity index (χ1n) is 8.53. The Labute approximate surface area is 164 Å². The Balaban J connectivity index is 2.45. The van der Waals surface area contributed by atoms with Gasteiger partial charge in [-0.05, 0) is 56.5 Å². The van der Waals surface area contributed by atoms with Crippen molar-refractivity contribution in [3.8, 4) is 0 Å². The van der Waals surface area contributed by atoms with E-state index in [0.29, 0.717) is 11.3 Å². The summed E-state index contributed by atoms with van der Waals surface area (Å²) in [7, 11) is -3.89. The smallest absolute Gasteiger partial charge is 0.271 e. The van der Waals surface area contributed by atoms with Crippen LogP contribution >= 0.6 is 0 Å². The summed E-state index contributed by atoms with van der Waals surface area (Å²) >= 11 is 0. The van der Waals surface area contributed by atoms with Gasteiger partial charge in [-0.15, -0.1) is 0 Å². The lowest BCUT2D eigenvalue weighted by Gasteiger charge is -2.29. The normalized spacial score (nSPS) is 12.3. The first-order valence-corrected chi connectivity index (χ1v) is 10.4. The maximum absolute atomic E-state index is 12.8. The van der Waals surface area contributed by atoms with Crippen LogP contribution in [0.3, 0.4) is 0 Å². The average Bonchev–Trinajstić information content (AvgIpc) is 2.54. The van der Waals surface area contributed by atoms with Crippen molar-refractivity contribution in [1.82, 2.24) is 0 Å². The molecule has 1 N–H and O–H groups in total. The predicted octanol–water partition coefficient (Wildman–Crippen LogP) is 3.31. The molecule has 2 aromatic rings. The zero-order valence-corrected chi connectivity index (χ0v) is 17.2. The maximum Gasteiger partial charge on any atom is 0.271 e. The molecule has 0 aliphatic carbocycles. The van der Waals surface area contributed by atoms with Gasteiger partial charge < -0.3 is 5.32 Å². The topological polar surface area (TPSA) is 110 Å². The summed E-state index contributed by atoms with van der Waals surface area (Å²) in [4.78, 5) is 23.3. The number of nitrogens with one attached hydrogen (secondary N) is 1. The van der Waals surface area contributed by atoms with Crippen LogP contribution in [-0.2, 0) is 14.8 Å². The fourth-order valence-corrected chi connectivity index (χ4v) is 4.25. The molecular weight excluding hydrogens is 382 g/mol. The van der Waals surface area contributed by atoms with Crippen molar-refractivity contribution >= 4 is 33.0 Å². The number of carbonyl (C=O) groups excluding carboxylic acids is 1. The van der Waals surface area contributed by atoms with Gasteiger partial charge in [-0.25, -0.2) is 8.42 Å². The summed E-state index contributed by atoms with van der Waals surface area (Å²) in [5.41, 5.74) is 2.81. The third kappa shape index (κ3) is 4.86. The van der Waals surface area contributed by atoms with Crippen LogP contribution in [0.4, 0.5) is 17.1 Å². The van der Waals surface area contributed by atoms with E-state index >= 15 is 0 Å². The van der Waals surface area contributed by atoms with E-state index in [1.54, 1.807) is 19.1 Å². The molecule has 0 heterocycles. The Morgan fingerprint density at radius 1 is 1.11 bits per heavy atom. The minimum Gasteiger partial charge on any atom is -0.324 e. The number of nitro groups is 1. The molecule has 2 rings (SSSR count). The molecule has 0 saturated heterocycles. The summed E-state index contributed by atoms with van der Waals surface area (Å²) < 4.78 is 25.8. The second-order valence-electron chi connectivity index (χ2n) is 6.83. The SMILES string of the molecule is Cc1cc(C)cc(NC(=O)C(C)N(c2cc([N+](=O)[O-])ccc2C)S(C)(=O)=O)c1. The zero-order chi connectivity index (χ0) is 21.2. The molecule has 28 heavy (non-hydrogen) atoms. The highest BCUT2D eigenvalue weighted by Crippen LogP contribution is 2.29. The van der Waals surface area contributed by atoms with E-state index in [0.717, 1.165) is 27.8 Å². The quantitative estimate of drug-likeness (QED) is 0.586. The van der Waals surface area contributed by atoms with Gasteiger partial charge in [0, 0.05) is 17.8 Å². The first kappa shape index (κ1) is 21.4. The molecule has 1 atom stereocenters. The van der Waals surface area contributed by atoms with Gasteiger partial charge in [-0.1, -0.05) is 12.1 Å². The molecule has 9 heteroatoms. The van der Waals surface area contributed by atoms with Crippen molar-refractivity contribution in [1.29, 1.82) is 0 Å². The zero-order valence-electron chi connectivity index (χ0n) is 16.4. The summed E-state index contributed by atoms with van der Waals surface area (Å²) in [6.07, 6.45) is 0.964. The fraction of sp³-hybridized carbons (Fsp3) is 0.316. The molecule has 1 unspecified atom stereocenters. The number of hydrogen-bond donors (Lipinski definition) is 1. The summed E-state index contributed by atoms with van der Waals surface area (Å²) in [6.45, 7) is 6.85. The molecule has 0 spiro atoms. The lowest BCUT2D eigenvalue weighted by Crippen LogP contribution is -2.45. The molecule has 0 aromatic heterocycles. The van der Waals surface area contributed by atoms with Gasteiger partial charge in [0.05, 0.1) is 16.9 Å². The molecule has 0 saturated carbocycles. The Bertz CT molecular complexity index is 1010. The molecule has 8 nitrogen and oxygen atoms in total. The van der Waals surface area contributed by atoms with Crippen molar-refractivity contribution in [2.45, 2.75) is 33.7 Å². The third-order valence-electron chi connectivity index (χ3n) is 4.22. The van der Waals surface area contributed by atoms with Crippen molar-refractivity contribution in [3.63, 3.8) is 0 Å². The van der Waals surface area contributed by atoms with Crippen LogP contribution in [0.5, 0.6) is 0 Å². The van der Waals surface area contributed by atoms with Gasteiger partial charge in [0.25, 0.3) is 5.69 Å². The molecule has 1 amide bonds. The molecule has 0 aliphatic rings. The van der Waals surface area contributed by atoms with Crippen molar-refractivity contribution in [2.75, 3.05) is 15.9 Å². The highest BCUT2D eigenvalue weighted by atomic mass is 32.2. The van der Waals surface area contributed by atoms with E-state index in [1.165, 1.54) is 19.1 Å². The number of non-ortho nitro benzene ring substituents is 1. The Kier molecular flexibility index (Phi) is 6.08. The van der Waals surface area contributed by atoms with E-state index in [2.05, 4.69) is 5.32 Å². The van der Waals surface area contributed by atoms with E-state index in [9.17, 15) is 23.3 Å². The van der Waals surface area contributed by atoms with Gasteiger partial charge in [-0.3, -0.25) is 19.2 Å². The standard InChI is InChI=1S/C19H23N3O5S/c1-12-8-13(2)10-16(9-12)20-19(23)15(4)21(28(5,26)27)18-11-17(22(24)25)7-6-14(18)3/h6-11,15H,1-5H3,(H,20,23). The van der Waals surface area contributed by atoms with Crippen LogP contribution in [0.2, 0.25) is 0 Å². The molecule has 0 radical (unpaired) electrons. The lowest BCUT2D eigenvalue weighted by molar-refractivity contribution is -0.384. The molecule has 2 aromatic carbocycles. The number of anilines is 2. The van der Waals surface area contributed by atoms with Crippen LogP contribution < -0.4 is 9.62 Å². The van der Waals surface area contributed by atoms with Gasteiger partial charge in [0.15, 0.2) is 0 Å². The maximum atomic E-state index is 12.8. The number of hydrogen-bond acceptors (Lipinski definition) is 5. The van der Waals surface area contributed by atoms with E-state index in [4.69, 9.17) is 0 Å². The number of sulfonamides is 1. The van der Waals surface area contributed by atoms with Gasteiger partial charge in [0.2, 0.25) is 15.9 Å². The number of amides is 1. The van der Waals surface area contributed by atoms with E-state index < -0.39 is 26.9 Å². The second kappa shape index (κ2) is 7.97. The summed E-state index contributed by atoms with van der Waals surface area (Å²) in [6, 6.07) is 8.31. The van der Waals surface area contributed by atoms with Gasteiger partial charge in [-0.2, -0.15) is 0 Å². The summed E-state index contributed by atoms with van der Waals surface area (Å²) in [5.74, 6) is -0.540. The summed E-state index contributed by atoms with van der Waals surface area (Å²) in [5, 5.41) is 13.8. The molecular formula is C19H23N3O5S. The lowest BCUT2D eigenvalue weighted by atomic mass is 10.1. The first-order chi connectivity index (χ1) is 12.9. The fourth-order valence-electron chi connectivity index (χ4n) is 3.02. The van der Waals surface area contributed by atoms with E-state index in [-0.39, 0.29) is 11.4 Å². The van der Waals surface area contributed by atoms with Gasteiger partial charge >= 0.3 is 0 Å². The van der Waals surface area contributed by atoms with Crippen LogP contribution in [0.1, 0.15) is 23.6 Å². The highest BCUT2D eigenvalue weighted by molar-refractivity contribution is 7.92. The number of rotatable bonds is 6. The highest BCUT2D eigenvalue weighted by Gasteiger charge is 2.31. The Morgan fingerprint density at radius 2 is 1.68 bits per heavy atom. The number of benzene rings is 2. The predicted molar refractivity (Wildman–Crippen MR) is 109 cm³/mol. The average molecular weight is 405 g/mol. The van der Waals surface area contributed by atoms with Gasteiger partial charge in [0.1, 0.15) is 6.04 Å². The number of aryl methyl sites for hydroxylation is 3. The molecule has 0 aliphatic heterocycles. The van der Waals surface area contributed by atoms with Crippen LogP contribution in [-0.4, -0.2) is 31.5 Å². The minimum absolute atomic E-state index is 0.0970. The van der Waals surface area contributed by atoms with Crippen molar-refractivity contribution < 1.29 is 18.1 Å². The molecule has 150 valence electrons.